The van der Waals surface area contributed by atoms with Crippen LogP contribution in [0.3, 0.4) is 0 Å². The molecule has 2 aliphatic heterocycles. The van der Waals surface area contributed by atoms with Crippen molar-refractivity contribution < 1.29 is 9.47 Å². The summed E-state index contributed by atoms with van der Waals surface area (Å²) in [5.74, 6) is 0.822. The van der Waals surface area contributed by atoms with E-state index in [0.29, 0.717) is 24.3 Å². The molecule has 0 N–H and O–H groups in total. The van der Waals surface area contributed by atoms with Gasteiger partial charge in [-0.15, -0.1) is 11.3 Å². The zero-order valence-electron chi connectivity index (χ0n) is 16.6. The SMILES string of the molecule is CCc1nc2c(sc3nc4c(cc32)COC(C)(C)C4)c(=O)n1C[C@H]1CCCO1. The number of ether oxygens (including phenoxy) is 2. The number of pyridine rings is 1. The summed E-state index contributed by atoms with van der Waals surface area (Å²) in [6.45, 7) is 8.15. The van der Waals surface area contributed by atoms with Crippen molar-refractivity contribution in [1.82, 2.24) is 14.5 Å². The zero-order valence-corrected chi connectivity index (χ0v) is 17.4. The van der Waals surface area contributed by atoms with E-state index in [0.717, 1.165) is 58.7 Å². The van der Waals surface area contributed by atoms with Gasteiger partial charge in [0.2, 0.25) is 0 Å². The molecule has 28 heavy (non-hydrogen) atoms. The lowest BCUT2D eigenvalue weighted by Crippen LogP contribution is -2.32. The van der Waals surface area contributed by atoms with Crippen molar-refractivity contribution in [1.29, 1.82) is 0 Å². The molecule has 1 fully saturated rings. The molecule has 1 atom stereocenters. The van der Waals surface area contributed by atoms with Crippen molar-refractivity contribution in [2.24, 2.45) is 0 Å². The van der Waals surface area contributed by atoms with E-state index in [4.69, 9.17) is 19.4 Å². The van der Waals surface area contributed by atoms with Crippen molar-refractivity contribution >= 4 is 31.8 Å². The van der Waals surface area contributed by atoms with Crippen LogP contribution < -0.4 is 5.56 Å². The van der Waals surface area contributed by atoms with Gasteiger partial charge in [0.15, 0.2) is 0 Å². The van der Waals surface area contributed by atoms with Gasteiger partial charge in [0.1, 0.15) is 15.4 Å². The first-order valence-electron chi connectivity index (χ1n) is 10.1. The third-order valence-corrected chi connectivity index (χ3v) is 6.83. The maximum Gasteiger partial charge on any atom is 0.271 e. The van der Waals surface area contributed by atoms with Crippen LogP contribution in [0.4, 0.5) is 0 Å². The highest BCUT2D eigenvalue weighted by atomic mass is 32.1. The molecule has 0 aliphatic carbocycles. The van der Waals surface area contributed by atoms with Crippen LogP contribution in [-0.4, -0.2) is 32.8 Å². The lowest BCUT2D eigenvalue weighted by Gasteiger charge is -2.30. The van der Waals surface area contributed by atoms with Gasteiger partial charge in [-0.25, -0.2) is 9.97 Å². The van der Waals surface area contributed by atoms with Gasteiger partial charge in [-0.2, -0.15) is 0 Å². The number of hydrogen-bond acceptors (Lipinski definition) is 6. The number of hydrogen-bond donors (Lipinski definition) is 0. The second-order valence-corrected chi connectivity index (χ2v) is 9.38. The smallest absolute Gasteiger partial charge is 0.271 e. The lowest BCUT2D eigenvalue weighted by atomic mass is 9.95. The fourth-order valence-electron chi connectivity index (χ4n) is 4.23. The van der Waals surface area contributed by atoms with Gasteiger partial charge >= 0.3 is 0 Å². The summed E-state index contributed by atoms with van der Waals surface area (Å²) in [6, 6.07) is 2.13. The van der Waals surface area contributed by atoms with Gasteiger partial charge in [-0.05, 0) is 32.8 Å². The van der Waals surface area contributed by atoms with Crippen LogP contribution in [0.5, 0.6) is 0 Å². The predicted molar refractivity (Wildman–Crippen MR) is 110 cm³/mol. The highest BCUT2D eigenvalue weighted by Crippen LogP contribution is 2.35. The molecule has 2 aliphatic rings. The van der Waals surface area contributed by atoms with E-state index in [2.05, 4.69) is 19.9 Å². The molecule has 0 bridgehead atoms. The predicted octanol–water partition coefficient (Wildman–Crippen LogP) is 3.60. The molecule has 0 unspecified atom stereocenters. The summed E-state index contributed by atoms with van der Waals surface area (Å²) >= 11 is 1.46. The molecule has 7 heteroatoms. The van der Waals surface area contributed by atoms with Crippen molar-refractivity contribution in [3.63, 3.8) is 0 Å². The Kier molecular flexibility index (Phi) is 4.30. The number of fused-ring (bicyclic) bond motifs is 4. The van der Waals surface area contributed by atoms with E-state index in [-0.39, 0.29) is 17.3 Å². The van der Waals surface area contributed by atoms with Gasteiger partial charge in [0.25, 0.3) is 5.56 Å². The van der Waals surface area contributed by atoms with Crippen LogP contribution >= 0.6 is 11.3 Å². The molecular formula is C21H25N3O3S. The minimum atomic E-state index is -0.202. The first-order valence-corrected chi connectivity index (χ1v) is 10.9. The molecule has 0 saturated carbocycles. The summed E-state index contributed by atoms with van der Waals surface area (Å²) in [5, 5.41) is 0.970. The summed E-state index contributed by atoms with van der Waals surface area (Å²) in [5.41, 5.74) is 2.80. The molecule has 6 nitrogen and oxygen atoms in total. The van der Waals surface area contributed by atoms with E-state index in [1.807, 2.05) is 11.5 Å². The van der Waals surface area contributed by atoms with Gasteiger partial charge < -0.3 is 9.47 Å². The summed E-state index contributed by atoms with van der Waals surface area (Å²) in [6.07, 6.45) is 3.67. The van der Waals surface area contributed by atoms with Crippen molar-refractivity contribution in [3.05, 3.63) is 33.5 Å². The molecule has 3 aromatic rings. The van der Waals surface area contributed by atoms with Crippen LogP contribution in [0.25, 0.3) is 20.4 Å². The second kappa shape index (κ2) is 6.61. The third-order valence-electron chi connectivity index (χ3n) is 5.75. The Labute approximate surface area is 167 Å². The van der Waals surface area contributed by atoms with E-state index < -0.39 is 0 Å². The highest BCUT2D eigenvalue weighted by Gasteiger charge is 2.28. The van der Waals surface area contributed by atoms with Crippen LogP contribution in [0.15, 0.2) is 10.9 Å². The minimum absolute atomic E-state index is 0.0369. The molecular weight excluding hydrogens is 374 g/mol. The summed E-state index contributed by atoms with van der Waals surface area (Å²) in [7, 11) is 0. The summed E-state index contributed by atoms with van der Waals surface area (Å²) < 4.78 is 14.2. The maximum absolute atomic E-state index is 13.3. The first-order chi connectivity index (χ1) is 13.4. The standard InChI is InChI=1S/C21H25N3O3S/c1-4-16-23-17-14-8-12-11-27-21(2,3)9-15(12)22-19(14)28-18(17)20(25)24(16)10-13-6-5-7-26-13/h8,13H,4-7,9-11H2,1-3H3/t13-/m1/s1. The summed E-state index contributed by atoms with van der Waals surface area (Å²) in [4.78, 5) is 24.0. The number of thiophene rings is 1. The molecule has 1 saturated heterocycles. The molecule has 3 aromatic heterocycles. The van der Waals surface area contributed by atoms with Crippen molar-refractivity contribution in [2.45, 2.75) is 71.3 Å². The van der Waals surface area contributed by atoms with Crippen molar-refractivity contribution in [2.75, 3.05) is 6.61 Å². The molecule has 0 amide bonds. The Bertz CT molecular complexity index is 1130. The van der Waals surface area contributed by atoms with Gasteiger partial charge in [-0.1, -0.05) is 6.92 Å². The second-order valence-electron chi connectivity index (χ2n) is 8.38. The van der Waals surface area contributed by atoms with Gasteiger partial charge in [-0.3, -0.25) is 9.36 Å². The normalized spacial score (nSPS) is 21.5. The van der Waals surface area contributed by atoms with E-state index in [1.54, 1.807) is 0 Å². The minimum Gasteiger partial charge on any atom is -0.376 e. The van der Waals surface area contributed by atoms with Gasteiger partial charge in [0.05, 0.1) is 36.1 Å². The number of aromatic nitrogens is 3. The largest absolute Gasteiger partial charge is 0.376 e. The number of rotatable bonds is 3. The van der Waals surface area contributed by atoms with Crippen LogP contribution in [0.2, 0.25) is 0 Å². The highest BCUT2D eigenvalue weighted by molar-refractivity contribution is 7.25. The molecule has 5 heterocycles. The average molecular weight is 400 g/mol. The topological polar surface area (TPSA) is 66.2 Å². The van der Waals surface area contributed by atoms with E-state index in [9.17, 15) is 4.79 Å². The number of aryl methyl sites for hydroxylation is 1. The zero-order chi connectivity index (χ0) is 19.5. The fraction of sp³-hybridized carbons (Fsp3) is 0.571. The Morgan fingerprint density at radius 1 is 1.36 bits per heavy atom. The van der Waals surface area contributed by atoms with Gasteiger partial charge in [0, 0.05) is 30.4 Å². The Balaban J connectivity index is 1.68. The molecule has 5 rings (SSSR count). The molecule has 0 spiro atoms. The van der Waals surface area contributed by atoms with E-state index >= 15 is 0 Å². The quantitative estimate of drug-likeness (QED) is 0.673. The molecule has 0 aromatic carbocycles. The fourth-order valence-corrected chi connectivity index (χ4v) is 5.29. The number of nitrogens with zero attached hydrogens (tertiary/aromatic N) is 3. The van der Waals surface area contributed by atoms with Crippen LogP contribution in [0.1, 0.15) is 50.7 Å². The van der Waals surface area contributed by atoms with Crippen LogP contribution in [-0.2, 0) is 35.5 Å². The monoisotopic (exact) mass is 399 g/mol. The average Bonchev–Trinajstić information content (AvgIpc) is 3.29. The lowest BCUT2D eigenvalue weighted by molar-refractivity contribution is -0.0411. The Morgan fingerprint density at radius 2 is 2.21 bits per heavy atom. The van der Waals surface area contributed by atoms with Crippen LogP contribution in [0, 0.1) is 0 Å². The van der Waals surface area contributed by atoms with Crippen molar-refractivity contribution in [3.8, 4) is 0 Å². The maximum atomic E-state index is 13.3. The third kappa shape index (κ3) is 2.96. The first kappa shape index (κ1) is 18.2. The molecule has 0 radical (unpaired) electrons. The molecule has 148 valence electrons. The Morgan fingerprint density at radius 3 is 2.96 bits per heavy atom. The Hall–Kier alpha value is -1.83. The van der Waals surface area contributed by atoms with E-state index in [1.165, 1.54) is 11.3 Å².